The van der Waals surface area contributed by atoms with Crippen LogP contribution in [0.1, 0.15) is 31.7 Å². The second-order valence-electron chi connectivity index (χ2n) is 3.73. The van der Waals surface area contributed by atoms with Crippen LogP contribution >= 0.6 is 0 Å². The molecule has 1 aliphatic carbocycles. The van der Waals surface area contributed by atoms with Crippen molar-refractivity contribution in [1.82, 2.24) is 15.0 Å². The molecule has 0 amide bonds. The van der Waals surface area contributed by atoms with Crippen molar-refractivity contribution in [3.63, 3.8) is 0 Å². The van der Waals surface area contributed by atoms with Gasteiger partial charge in [0.05, 0.1) is 18.2 Å². The SMILES string of the molecule is O=C(O)[C@H]1CC[C@H](n2ccnn2)CC1. The van der Waals surface area contributed by atoms with E-state index >= 15 is 0 Å². The smallest absolute Gasteiger partial charge is 0.306 e. The molecular weight excluding hydrogens is 182 g/mol. The third-order valence-electron chi connectivity index (χ3n) is 2.86. The Balaban J connectivity index is 1.93. The molecule has 0 aliphatic heterocycles. The lowest BCUT2D eigenvalue weighted by molar-refractivity contribution is -0.143. The van der Waals surface area contributed by atoms with Crippen molar-refractivity contribution >= 4 is 5.97 Å². The lowest BCUT2D eigenvalue weighted by Crippen LogP contribution is -2.23. The first-order valence-corrected chi connectivity index (χ1v) is 4.86. The third-order valence-corrected chi connectivity index (χ3v) is 2.86. The number of aliphatic carboxylic acids is 1. The summed E-state index contributed by atoms with van der Waals surface area (Å²) in [5.74, 6) is -0.822. The maximum absolute atomic E-state index is 10.7. The van der Waals surface area contributed by atoms with E-state index in [1.807, 2.05) is 10.9 Å². The molecular formula is C9H13N3O2. The van der Waals surface area contributed by atoms with E-state index in [4.69, 9.17) is 5.11 Å². The van der Waals surface area contributed by atoms with Gasteiger partial charge in [0, 0.05) is 6.20 Å². The molecule has 5 heteroatoms. The molecule has 5 nitrogen and oxygen atoms in total. The van der Waals surface area contributed by atoms with Gasteiger partial charge in [-0.05, 0) is 25.7 Å². The fraction of sp³-hybridized carbons (Fsp3) is 0.667. The first kappa shape index (κ1) is 9.18. The van der Waals surface area contributed by atoms with Crippen molar-refractivity contribution in [2.45, 2.75) is 31.7 Å². The van der Waals surface area contributed by atoms with Crippen LogP contribution < -0.4 is 0 Å². The summed E-state index contributed by atoms with van der Waals surface area (Å²) in [6.45, 7) is 0. The molecule has 1 saturated carbocycles. The molecule has 0 spiro atoms. The van der Waals surface area contributed by atoms with E-state index < -0.39 is 5.97 Å². The van der Waals surface area contributed by atoms with Crippen LogP contribution in [0.5, 0.6) is 0 Å². The normalized spacial score (nSPS) is 27.4. The van der Waals surface area contributed by atoms with Gasteiger partial charge in [0.15, 0.2) is 0 Å². The second-order valence-corrected chi connectivity index (χ2v) is 3.73. The van der Waals surface area contributed by atoms with Crippen LogP contribution in [0.3, 0.4) is 0 Å². The van der Waals surface area contributed by atoms with E-state index in [0.29, 0.717) is 6.04 Å². The Labute approximate surface area is 81.7 Å². The van der Waals surface area contributed by atoms with Crippen molar-refractivity contribution in [3.8, 4) is 0 Å². The molecule has 1 fully saturated rings. The molecule has 76 valence electrons. The molecule has 1 N–H and O–H groups in total. The Morgan fingerprint density at radius 3 is 2.57 bits per heavy atom. The van der Waals surface area contributed by atoms with Gasteiger partial charge in [0.1, 0.15) is 0 Å². The van der Waals surface area contributed by atoms with E-state index in [1.54, 1.807) is 6.20 Å². The molecule has 0 atom stereocenters. The number of carboxylic acid groups (broad SMARTS) is 1. The Morgan fingerprint density at radius 1 is 1.36 bits per heavy atom. The molecule has 1 heterocycles. The fourth-order valence-electron chi connectivity index (χ4n) is 2.00. The minimum atomic E-state index is -0.665. The van der Waals surface area contributed by atoms with E-state index in [-0.39, 0.29) is 5.92 Å². The number of carbonyl (C=O) groups is 1. The van der Waals surface area contributed by atoms with Gasteiger partial charge in [-0.3, -0.25) is 4.79 Å². The number of hydrogen-bond donors (Lipinski definition) is 1. The summed E-state index contributed by atoms with van der Waals surface area (Å²) in [4.78, 5) is 10.7. The Bertz CT molecular complexity index is 302. The van der Waals surface area contributed by atoms with Crippen molar-refractivity contribution in [1.29, 1.82) is 0 Å². The van der Waals surface area contributed by atoms with Crippen molar-refractivity contribution in [2.24, 2.45) is 5.92 Å². The van der Waals surface area contributed by atoms with Crippen LogP contribution in [0.4, 0.5) is 0 Å². The average molecular weight is 195 g/mol. The highest BCUT2D eigenvalue weighted by atomic mass is 16.4. The zero-order chi connectivity index (χ0) is 9.97. The first-order valence-electron chi connectivity index (χ1n) is 4.86. The van der Waals surface area contributed by atoms with Crippen molar-refractivity contribution < 1.29 is 9.90 Å². The highest BCUT2D eigenvalue weighted by Crippen LogP contribution is 2.31. The van der Waals surface area contributed by atoms with Crippen LogP contribution in [0.15, 0.2) is 12.4 Å². The summed E-state index contributed by atoms with van der Waals surface area (Å²) in [7, 11) is 0. The summed E-state index contributed by atoms with van der Waals surface area (Å²) < 4.78 is 1.83. The molecule has 0 radical (unpaired) electrons. The van der Waals surface area contributed by atoms with Crippen LogP contribution in [0.25, 0.3) is 0 Å². The van der Waals surface area contributed by atoms with Gasteiger partial charge in [-0.15, -0.1) is 5.10 Å². The summed E-state index contributed by atoms with van der Waals surface area (Å²) in [5, 5.41) is 16.5. The van der Waals surface area contributed by atoms with Gasteiger partial charge in [-0.25, -0.2) is 4.68 Å². The van der Waals surface area contributed by atoms with Gasteiger partial charge in [0.25, 0.3) is 0 Å². The predicted molar refractivity (Wildman–Crippen MR) is 48.7 cm³/mol. The topological polar surface area (TPSA) is 68.0 Å². The highest BCUT2D eigenvalue weighted by molar-refractivity contribution is 5.69. The predicted octanol–water partition coefficient (Wildman–Crippen LogP) is 1.09. The van der Waals surface area contributed by atoms with Crippen LogP contribution in [-0.2, 0) is 4.79 Å². The van der Waals surface area contributed by atoms with Gasteiger partial charge in [0.2, 0.25) is 0 Å². The number of hydrogen-bond acceptors (Lipinski definition) is 3. The summed E-state index contributed by atoms with van der Waals surface area (Å²) in [6, 6.07) is 0.341. The largest absolute Gasteiger partial charge is 0.481 e. The van der Waals surface area contributed by atoms with Gasteiger partial charge in [-0.1, -0.05) is 5.21 Å². The third kappa shape index (κ3) is 1.76. The Kier molecular flexibility index (Phi) is 2.47. The van der Waals surface area contributed by atoms with Crippen LogP contribution in [0.2, 0.25) is 0 Å². The Hall–Kier alpha value is -1.39. The van der Waals surface area contributed by atoms with Gasteiger partial charge in [-0.2, -0.15) is 0 Å². The molecule has 1 aromatic heterocycles. The minimum Gasteiger partial charge on any atom is -0.481 e. The van der Waals surface area contributed by atoms with Crippen molar-refractivity contribution in [3.05, 3.63) is 12.4 Å². The minimum absolute atomic E-state index is 0.158. The molecule has 1 aliphatic rings. The molecule has 1 aromatic rings. The zero-order valence-corrected chi connectivity index (χ0v) is 7.83. The molecule has 14 heavy (non-hydrogen) atoms. The van der Waals surface area contributed by atoms with Gasteiger partial charge >= 0.3 is 5.97 Å². The maximum atomic E-state index is 10.7. The molecule has 0 bridgehead atoms. The van der Waals surface area contributed by atoms with Crippen LogP contribution in [-0.4, -0.2) is 26.1 Å². The molecule has 0 unspecified atom stereocenters. The lowest BCUT2D eigenvalue weighted by atomic mass is 9.86. The Morgan fingerprint density at radius 2 is 2.07 bits per heavy atom. The van der Waals surface area contributed by atoms with Crippen molar-refractivity contribution in [2.75, 3.05) is 0 Å². The number of carboxylic acids is 1. The maximum Gasteiger partial charge on any atom is 0.306 e. The van der Waals surface area contributed by atoms with E-state index in [9.17, 15) is 4.79 Å². The first-order chi connectivity index (χ1) is 6.77. The standard InChI is InChI=1S/C9H13N3O2/c13-9(14)7-1-3-8(4-2-7)12-6-5-10-11-12/h5-8H,1-4H2,(H,13,14)/t7-,8-. The van der Waals surface area contributed by atoms with E-state index in [0.717, 1.165) is 25.7 Å². The molecule has 0 aromatic carbocycles. The fourth-order valence-corrected chi connectivity index (χ4v) is 2.00. The lowest BCUT2D eigenvalue weighted by Gasteiger charge is -2.25. The van der Waals surface area contributed by atoms with E-state index in [2.05, 4.69) is 10.3 Å². The quantitative estimate of drug-likeness (QED) is 0.767. The summed E-state index contributed by atoms with van der Waals surface area (Å²) >= 11 is 0. The van der Waals surface area contributed by atoms with Crippen LogP contribution in [0, 0.1) is 5.92 Å². The summed E-state index contributed by atoms with van der Waals surface area (Å²) in [6.07, 6.45) is 6.77. The monoisotopic (exact) mass is 195 g/mol. The average Bonchev–Trinajstić information content (AvgIpc) is 2.71. The molecule has 2 rings (SSSR count). The highest BCUT2D eigenvalue weighted by Gasteiger charge is 2.26. The number of aromatic nitrogens is 3. The number of nitrogens with zero attached hydrogens (tertiary/aromatic N) is 3. The second kappa shape index (κ2) is 3.77. The summed E-state index contributed by atoms with van der Waals surface area (Å²) in [5.41, 5.74) is 0. The van der Waals surface area contributed by atoms with Gasteiger partial charge < -0.3 is 5.11 Å². The van der Waals surface area contributed by atoms with E-state index in [1.165, 1.54) is 0 Å². The number of rotatable bonds is 2. The molecule has 0 saturated heterocycles. The zero-order valence-electron chi connectivity index (χ0n) is 7.83.